The van der Waals surface area contributed by atoms with E-state index in [9.17, 15) is 4.79 Å². The molecule has 7 nitrogen and oxygen atoms in total. The number of aryl methyl sites for hydroxylation is 1. The zero-order valence-electron chi connectivity index (χ0n) is 17.1. The first-order valence-electron chi connectivity index (χ1n) is 9.44. The van der Waals surface area contributed by atoms with Gasteiger partial charge < -0.3 is 15.4 Å². The third kappa shape index (κ3) is 6.09. The van der Waals surface area contributed by atoms with Gasteiger partial charge in [-0.2, -0.15) is 5.10 Å². The predicted octanol–water partition coefficient (Wildman–Crippen LogP) is 2.49. The lowest BCUT2D eigenvalue weighted by Gasteiger charge is -2.30. The van der Waals surface area contributed by atoms with E-state index in [1.807, 2.05) is 31.4 Å². The maximum atomic E-state index is 12.8. The van der Waals surface area contributed by atoms with Gasteiger partial charge in [0.25, 0.3) is 0 Å². The van der Waals surface area contributed by atoms with Crippen molar-refractivity contribution in [3.8, 4) is 5.75 Å². The van der Waals surface area contributed by atoms with Crippen molar-refractivity contribution >= 4 is 30.7 Å². The quantitative estimate of drug-likeness (QED) is 0.655. The van der Waals surface area contributed by atoms with Crippen LogP contribution in [-0.4, -0.2) is 54.4 Å². The molecule has 9 heteroatoms. The first-order chi connectivity index (χ1) is 13.1. The van der Waals surface area contributed by atoms with Crippen molar-refractivity contribution in [2.75, 3.05) is 33.8 Å². The van der Waals surface area contributed by atoms with Crippen molar-refractivity contribution in [2.45, 2.75) is 24.9 Å². The minimum absolute atomic E-state index is 0. The maximum absolute atomic E-state index is 12.8. The second kappa shape index (κ2) is 12.0. The van der Waals surface area contributed by atoms with E-state index in [2.05, 4.69) is 26.7 Å². The number of likely N-dealkylation sites (tertiary alicyclic amines) is 1. The summed E-state index contributed by atoms with van der Waals surface area (Å²) in [6, 6.07) is 7.74. The van der Waals surface area contributed by atoms with Crippen LogP contribution in [0.5, 0.6) is 5.75 Å². The molecule has 3 rings (SSSR count). The summed E-state index contributed by atoms with van der Waals surface area (Å²) in [6.45, 7) is 2.62. The van der Waals surface area contributed by atoms with Gasteiger partial charge in [-0.05, 0) is 39.0 Å². The third-order valence-corrected chi connectivity index (χ3v) is 5.16. The van der Waals surface area contributed by atoms with Crippen molar-refractivity contribution in [1.29, 1.82) is 0 Å². The molecular weight excluding hydrogens is 413 g/mol. The normalized spacial score (nSPS) is 15.7. The highest BCUT2D eigenvalue weighted by Crippen LogP contribution is 2.31. The predicted molar refractivity (Wildman–Crippen MR) is 119 cm³/mol. The average molecular weight is 444 g/mol. The Morgan fingerprint density at radius 3 is 2.52 bits per heavy atom. The highest BCUT2D eigenvalue weighted by Gasteiger charge is 2.28. The molecule has 2 N–H and O–H groups in total. The van der Waals surface area contributed by atoms with Crippen molar-refractivity contribution in [2.24, 2.45) is 7.05 Å². The maximum Gasteiger partial charge on any atom is 0.241 e. The first-order valence-corrected chi connectivity index (χ1v) is 9.44. The summed E-state index contributed by atoms with van der Waals surface area (Å²) in [5.41, 5.74) is 1.97. The zero-order chi connectivity index (χ0) is 19.2. The number of nitrogens with zero attached hydrogens (tertiary/aromatic N) is 3. The molecule has 2 heterocycles. The van der Waals surface area contributed by atoms with Gasteiger partial charge in [0.1, 0.15) is 11.8 Å². The minimum Gasteiger partial charge on any atom is -0.496 e. The molecule has 1 amide bonds. The van der Waals surface area contributed by atoms with Gasteiger partial charge in [-0.15, -0.1) is 24.8 Å². The molecule has 0 bridgehead atoms. The van der Waals surface area contributed by atoms with Gasteiger partial charge in [-0.25, -0.2) is 0 Å². The molecule has 29 heavy (non-hydrogen) atoms. The summed E-state index contributed by atoms with van der Waals surface area (Å²) in [5.74, 6) is 0.811. The smallest absolute Gasteiger partial charge is 0.241 e. The molecule has 0 aliphatic carbocycles. The Balaban J connectivity index is 0.00000210. The van der Waals surface area contributed by atoms with Gasteiger partial charge in [0, 0.05) is 30.9 Å². The molecule has 1 fully saturated rings. The number of halogens is 2. The summed E-state index contributed by atoms with van der Waals surface area (Å²) in [6.07, 6.45) is 5.96. The van der Waals surface area contributed by atoms with Crippen LogP contribution in [0.2, 0.25) is 0 Å². The van der Waals surface area contributed by atoms with Crippen LogP contribution in [-0.2, 0) is 11.8 Å². The molecule has 2 atom stereocenters. The molecule has 0 spiro atoms. The van der Waals surface area contributed by atoms with E-state index in [0.29, 0.717) is 6.54 Å². The average Bonchev–Trinajstić information content (AvgIpc) is 3.35. The second-order valence-corrected chi connectivity index (χ2v) is 6.92. The van der Waals surface area contributed by atoms with E-state index in [1.165, 1.54) is 12.8 Å². The lowest BCUT2D eigenvalue weighted by atomic mass is 10.0. The van der Waals surface area contributed by atoms with E-state index < -0.39 is 6.04 Å². The second-order valence-electron chi connectivity index (χ2n) is 6.92. The summed E-state index contributed by atoms with van der Waals surface area (Å²) < 4.78 is 7.27. The number of carbonyl (C=O) groups excluding carboxylic acids is 1. The molecule has 2 aromatic rings. The van der Waals surface area contributed by atoms with Gasteiger partial charge >= 0.3 is 0 Å². The summed E-state index contributed by atoms with van der Waals surface area (Å²) in [7, 11) is 5.33. The van der Waals surface area contributed by atoms with Crippen LogP contribution in [0.25, 0.3) is 0 Å². The molecule has 0 saturated carbocycles. The van der Waals surface area contributed by atoms with Crippen LogP contribution in [0.4, 0.5) is 0 Å². The fraction of sp³-hybridized carbons (Fsp3) is 0.500. The Morgan fingerprint density at radius 2 is 1.93 bits per heavy atom. The van der Waals surface area contributed by atoms with Crippen LogP contribution < -0.4 is 15.4 Å². The summed E-state index contributed by atoms with van der Waals surface area (Å²) >= 11 is 0. The number of rotatable bonds is 8. The summed E-state index contributed by atoms with van der Waals surface area (Å²) in [5, 5.41) is 10.4. The van der Waals surface area contributed by atoms with E-state index in [1.54, 1.807) is 25.0 Å². The molecule has 2 unspecified atom stereocenters. The van der Waals surface area contributed by atoms with Gasteiger partial charge in [0.2, 0.25) is 5.91 Å². The molecule has 1 aliphatic heterocycles. The van der Waals surface area contributed by atoms with Crippen molar-refractivity contribution in [3.63, 3.8) is 0 Å². The number of ether oxygens (including phenoxy) is 1. The molecule has 1 saturated heterocycles. The number of hydrogen-bond donors (Lipinski definition) is 2. The van der Waals surface area contributed by atoms with E-state index in [-0.39, 0.29) is 36.8 Å². The zero-order valence-corrected chi connectivity index (χ0v) is 18.8. The summed E-state index contributed by atoms with van der Waals surface area (Å²) in [4.78, 5) is 15.3. The monoisotopic (exact) mass is 443 g/mol. The number of amides is 1. The molecule has 1 aromatic carbocycles. The number of nitrogens with one attached hydrogen (secondary N) is 2. The highest BCUT2D eigenvalue weighted by molar-refractivity contribution is 5.85. The number of likely N-dealkylation sites (N-methyl/N-ethyl adjacent to an activating group) is 1. The minimum atomic E-state index is -0.421. The molecule has 1 aliphatic rings. The fourth-order valence-electron chi connectivity index (χ4n) is 3.77. The Hall–Kier alpha value is -1.80. The highest BCUT2D eigenvalue weighted by atomic mass is 35.5. The SMILES string of the molecule is CNC(C(=O)NCC(c1ccccc1OC)N1CCCC1)c1cnn(C)c1.Cl.Cl. The van der Waals surface area contributed by atoms with Crippen molar-refractivity contribution in [3.05, 3.63) is 47.8 Å². The van der Waals surface area contributed by atoms with E-state index >= 15 is 0 Å². The van der Waals surface area contributed by atoms with Crippen LogP contribution in [0, 0.1) is 0 Å². The number of carbonyl (C=O) groups is 1. The van der Waals surface area contributed by atoms with Gasteiger partial charge in [-0.3, -0.25) is 14.4 Å². The van der Waals surface area contributed by atoms with Crippen LogP contribution in [0.1, 0.15) is 36.1 Å². The molecular formula is C20H31Cl2N5O2. The Bertz CT molecular complexity index is 765. The Labute approximate surface area is 185 Å². The lowest BCUT2D eigenvalue weighted by Crippen LogP contribution is -2.41. The number of methoxy groups -OCH3 is 1. The van der Waals surface area contributed by atoms with Gasteiger partial charge in [0.15, 0.2) is 0 Å². The molecule has 0 radical (unpaired) electrons. The van der Waals surface area contributed by atoms with E-state index in [0.717, 1.165) is 30.0 Å². The third-order valence-electron chi connectivity index (χ3n) is 5.16. The Morgan fingerprint density at radius 1 is 1.24 bits per heavy atom. The number of benzene rings is 1. The van der Waals surface area contributed by atoms with Gasteiger partial charge in [0.05, 0.1) is 19.3 Å². The van der Waals surface area contributed by atoms with Crippen LogP contribution in [0.15, 0.2) is 36.7 Å². The van der Waals surface area contributed by atoms with Crippen LogP contribution >= 0.6 is 24.8 Å². The lowest BCUT2D eigenvalue weighted by molar-refractivity contribution is -0.123. The van der Waals surface area contributed by atoms with Crippen molar-refractivity contribution in [1.82, 2.24) is 25.3 Å². The number of para-hydroxylation sites is 1. The van der Waals surface area contributed by atoms with Crippen LogP contribution in [0.3, 0.4) is 0 Å². The van der Waals surface area contributed by atoms with E-state index in [4.69, 9.17) is 4.74 Å². The molecule has 162 valence electrons. The topological polar surface area (TPSA) is 71.4 Å². The van der Waals surface area contributed by atoms with Gasteiger partial charge in [-0.1, -0.05) is 18.2 Å². The molecule has 1 aromatic heterocycles. The standard InChI is InChI=1S/C20H29N5O2.2ClH/c1-21-19(15-12-23-24(2)14-15)20(26)22-13-17(25-10-6-7-11-25)16-8-4-5-9-18(16)27-3;;/h4-5,8-9,12,14,17,19,21H,6-7,10-11,13H2,1-3H3,(H,22,26);2*1H. The first kappa shape index (κ1) is 25.2. The number of aromatic nitrogens is 2. The van der Waals surface area contributed by atoms with Crippen molar-refractivity contribution < 1.29 is 9.53 Å². The Kier molecular flexibility index (Phi) is 10.5. The number of hydrogen-bond acceptors (Lipinski definition) is 5. The largest absolute Gasteiger partial charge is 0.496 e. The fourth-order valence-corrected chi connectivity index (χ4v) is 3.77.